The van der Waals surface area contributed by atoms with Crippen LogP contribution < -0.4 is 10.7 Å². The lowest BCUT2D eigenvalue weighted by molar-refractivity contribution is 0.146. The predicted octanol–water partition coefficient (Wildman–Crippen LogP) is 0.722. The van der Waals surface area contributed by atoms with Gasteiger partial charge in [-0.1, -0.05) is 0 Å². The number of nitrogens with one attached hydrogen (secondary N) is 1. The van der Waals surface area contributed by atoms with Gasteiger partial charge in [-0.3, -0.25) is 4.79 Å². The Morgan fingerprint density at radius 1 is 1.47 bits per heavy atom. The number of hydrogen-bond acceptors (Lipinski definition) is 3. The lowest BCUT2D eigenvalue weighted by atomic mass is 10.3. The first kappa shape index (κ1) is 12.3. The molecule has 0 atom stereocenters. The monoisotopic (exact) mass is 302 g/mol. The highest BCUT2D eigenvalue weighted by molar-refractivity contribution is 9.10. The van der Waals surface area contributed by atoms with Crippen LogP contribution in [-0.2, 0) is 10.0 Å². The molecule has 1 heterocycles. The highest BCUT2D eigenvalue weighted by Crippen LogP contribution is 2.29. The third kappa shape index (κ3) is 2.41. The number of pyridine rings is 1. The molecular weight excluding hydrogens is 298 g/mol. The summed E-state index contributed by atoms with van der Waals surface area (Å²) in [6.45, 7) is 0. The molecule has 0 unspecified atom stereocenters. The van der Waals surface area contributed by atoms with E-state index >= 15 is 0 Å². The quantitative estimate of drug-likeness (QED) is 0.843. The Kier molecular flexibility index (Phi) is 3.26. The lowest BCUT2D eigenvalue weighted by Gasteiger charge is -2.07. The molecule has 1 aromatic rings. The first-order valence-electron chi connectivity index (χ1n) is 3.47. The molecule has 0 amide bonds. The minimum Gasteiger partial charge on any atom is -0.327 e. The second kappa shape index (κ2) is 3.99. The number of H-pyrrole nitrogens is 1. The van der Waals surface area contributed by atoms with Crippen molar-refractivity contribution in [1.29, 1.82) is 0 Å². The SMILES string of the molecule is NS(=O)(=O)c1c(C(F)F)c(Br)c[nH]c1=O. The van der Waals surface area contributed by atoms with Crippen LogP contribution in [0.2, 0.25) is 0 Å². The van der Waals surface area contributed by atoms with Gasteiger partial charge in [-0.05, 0) is 15.9 Å². The minimum atomic E-state index is -4.49. The van der Waals surface area contributed by atoms with E-state index in [2.05, 4.69) is 21.1 Å². The van der Waals surface area contributed by atoms with Gasteiger partial charge < -0.3 is 4.98 Å². The highest BCUT2D eigenvalue weighted by Gasteiger charge is 2.26. The summed E-state index contributed by atoms with van der Waals surface area (Å²) >= 11 is 2.70. The van der Waals surface area contributed by atoms with Crippen LogP contribution in [0.15, 0.2) is 20.4 Å². The molecule has 0 aromatic carbocycles. The van der Waals surface area contributed by atoms with Gasteiger partial charge in [0, 0.05) is 10.7 Å². The van der Waals surface area contributed by atoms with Gasteiger partial charge in [0.05, 0.1) is 5.56 Å². The Morgan fingerprint density at radius 3 is 2.33 bits per heavy atom. The molecular formula is C6H5BrF2N2O3S. The summed E-state index contributed by atoms with van der Waals surface area (Å²) in [6, 6.07) is 0. The molecule has 84 valence electrons. The molecule has 0 bridgehead atoms. The number of sulfonamides is 1. The van der Waals surface area contributed by atoms with Crippen molar-refractivity contribution < 1.29 is 17.2 Å². The number of hydrogen-bond donors (Lipinski definition) is 2. The van der Waals surface area contributed by atoms with Gasteiger partial charge in [0.25, 0.3) is 12.0 Å². The van der Waals surface area contributed by atoms with Gasteiger partial charge in [-0.2, -0.15) is 0 Å². The third-order valence-electron chi connectivity index (χ3n) is 1.54. The largest absolute Gasteiger partial charge is 0.327 e. The second-order valence-corrected chi connectivity index (χ2v) is 4.91. The first-order valence-corrected chi connectivity index (χ1v) is 5.81. The Labute approximate surface area is 91.5 Å². The molecule has 0 fully saturated rings. The smallest absolute Gasteiger partial charge is 0.268 e. The second-order valence-electron chi connectivity index (χ2n) is 2.55. The number of aromatic amines is 1. The van der Waals surface area contributed by atoms with Crippen LogP contribution in [0.1, 0.15) is 12.0 Å². The number of alkyl halides is 2. The van der Waals surface area contributed by atoms with Gasteiger partial charge in [-0.15, -0.1) is 0 Å². The van der Waals surface area contributed by atoms with Crippen molar-refractivity contribution in [3.8, 4) is 0 Å². The third-order valence-corrected chi connectivity index (χ3v) is 3.17. The molecule has 1 aromatic heterocycles. The van der Waals surface area contributed by atoms with E-state index in [-0.39, 0.29) is 4.47 Å². The number of halogens is 3. The lowest BCUT2D eigenvalue weighted by Crippen LogP contribution is -2.25. The molecule has 3 N–H and O–H groups in total. The zero-order chi connectivity index (χ0) is 11.8. The minimum absolute atomic E-state index is 0.221. The van der Waals surface area contributed by atoms with E-state index in [0.29, 0.717) is 0 Å². The Morgan fingerprint density at radius 2 is 2.00 bits per heavy atom. The summed E-state index contributed by atoms with van der Waals surface area (Å²) in [5, 5.41) is 4.66. The van der Waals surface area contributed by atoms with E-state index in [4.69, 9.17) is 0 Å². The topological polar surface area (TPSA) is 93.0 Å². The molecule has 0 aliphatic rings. The van der Waals surface area contributed by atoms with E-state index in [9.17, 15) is 22.0 Å². The van der Waals surface area contributed by atoms with Gasteiger partial charge in [0.2, 0.25) is 10.0 Å². The van der Waals surface area contributed by atoms with Gasteiger partial charge in [0.1, 0.15) is 0 Å². The highest BCUT2D eigenvalue weighted by atomic mass is 79.9. The van der Waals surface area contributed by atoms with Crippen molar-refractivity contribution in [2.45, 2.75) is 11.3 Å². The van der Waals surface area contributed by atoms with Crippen LogP contribution in [-0.4, -0.2) is 13.4 Å². The zero-order valence-corrected chi connectivity index (χ0v) is 9.40. The Hall–Kier alpha value is -0.800. The average Bonchev–Trinajstić information content (AvgIpc) is 2.05. The van der Waals surface area contributed by atoms with Crippen LogP contribution in [0.5, 0.6) is 0 Å². The van der Waals surface area contributed by atoms with Crippen molar-refractivity contribution in [3.63, 3.8) is 0 Å². The standard InChI is InChI=1S/C6H5BrF2N2O3S/c7-2-1-11-6(12)4(15(10,13)14)3(2)5(8)9/h1,5H,(H,11,12)(H2,10,13,14). The zero-order valence-electron chi connectivity index (χ0n) is 7.00. The number of nitrogens with two attached hydrogens (primary N) is 1. The predicted molar refractivity (Wildman–Crippen MR) is 51.1 cm³/mol. The molecule has 0 spiro atoms. The molecule has 0 saturated carbocycles. The molecule has 5 nitrogen and oxygen atoms in total. The fourth-order valence-corrected chi connectivity index (χ4v) is 2.43. The molecule has 1 rings (SSSR count). The molecule has 0 saturated heterocycles. The van der Waals surface area contributed by atoms with E-state index in [1.165, 1.54) is 0 Å². The molecule has 0 aliphatic heterocycles. The Bertz CT molecular complexity index is 540. The van der Waals surface area contributed by atoms with Crippen molar-refractivity contribution in [2.75, 3.05) is 0 Å². The van der Waals surface area contributed by atoms with E-state index in [1.807, 2.05) is 4.98 Å². The van der Waals surface area contributed by atoms with Crippen molar-refractivity contribution in [3.05, 3.63) is 26.6 Å². The maximum Gasteiger partial charge on any atom is 0.268 e. The van der Waals surface area contributed by atoms with Crippen LogP contribution in [0.25, 0.3) is 0 Å². The van der Waals surface area contributed by atoms with Crippen molar-refractivity contribution in [1.82, 2.24) is 4.98 Å². The van der Waals surface area contributed by atoms with Crippen LogP contribution in [0, 0.1) is 0 Å². The summed E-state index contributed by atoms with van der Waals surface area (Å²) in [5.74, 6) is 0. The summed E-state index contributed by atoms with van der Waals surface area (Å²) in [7, 11) is -4.49. The van der Waals surface area contributed by atoms with Crippen molar-refractivity contribution in [2.24, 2.45) is 5.14 Å². The van der Waals surface area contributed by atoms with Crippen LogP contribution in [0.3, 0.4) is 0 Å². The molecule has 0 aliphatic carbocycles. The fourth-order valence-electron chi connectivity index (χ4n) is 0.989. The maximum absolute atomic E-state index is 12.5. The van der Waals surface area contributed by atoms with Gasteiger partial charge in [0.15, 0.2) is 4.90 Å². The van der Waals surface area contributed by atoms with Crippen LogP contribution in [0.4, 0.5) is 8.78 Å². The first-order chi connectivity index (χ1) is 6.75. The summed E-state index contributed by atoms with van der Waals surface area (Å²) in [5.41, 5.74) is -2.10. The van der Waals surface area contributed by atoms with E-state index in [1.54, 1.807) is 0 Å². The number of primary sulfonamides is 1. The average molecular weight is 303 g/mol. The van der Waals surface area contributed by atoms with Crippen molar-refractivity contribution >= 4 is 26.0 Å². The Balaban J connectivity index is 3.77. The number of aromatic nitrogens is 1. The molecule has 15 heavy (non-hydrogen) atoms. The number of rotatable bonds is 2. The van der Waals surface area contributed by atoms with Gasteiger partial charge >= 0.3 is 0 Å². The molecule has 0 radical (unpaired) electrons. The maximum atomic E-state index is 12.5. The normalized spacial score (nSPS) is 12.1. The summed E-state index contributed by atoms with van der Waals surface area (Å²) in [6.07, 6.45) is -2.19. The van der Waals surface area contributed by atoms with E-state index in [0.717, 1.165) is 6.20 Å². The molecule has 9 heteroatoms. The van der Waals surface area contributed by atoms with E-state index < -0.39 is 32.5 Å². The summed E-state index contributed by atoms with van der Waals surface area (Å²) < 4.78 is 46.6. The van der Waals surface area contributed by atoms with Crippen LogP contribution >= 0.6 is 15.9 Å². The van der Waals surface area contributed by atoms with Gasteiger partial charge in [-0.25, -0.2) is 22.3 Å². The fraction of sp³-hybridized carbons (Fsp3) is 0.167. The summed E-state index contributed by atoms with van der Waals surface area (Å²) in [4.78, 5) is 11.9.